The van der Waals surface area contributed by atoms with E-state index in [-0.39, 0.29) is 5.91 Å². The van der Waals surface area contributed by atoms with Crippen molar-refractivity contribution in [1.29, 1.82) is 0 Å². The summed E-state index contributed by atoms with van der Waals surface area (Å²) in [5.74, 6) is -0.181. The minimum absolute atomic E-state index is 0.181. The van der Waals surface area contributed by atoms with Crippen LogP contribution in [-0.2, 0) is 6.54 Å². The van der Waals surface area contributed by atoms with Crippen LogP contribution in [-0.4, -0.2) is 10.9 Å². The summed E-state index contributed by atoms with van der Waals surface area (Å²) in [4.78, 5) is 12.5. The van der Waals surface area contributed by atoms with Gasteiger partial charge in [-0.3, -0.25) is 4.79 Å². The smallest absolute Gasteiger partial charge is 0.252 e. The lowest BCUT2D eigenvalue weighted by atomic mass is 10.1. The molecular formula is C15H12BrClN2OS. The van der Waals surface area contributed by atoms with Gasteiger partial charge in [-0.25, -0.2) is 0 Å². The Kier molecular flexibility index (Phi) is 5.33. The van der Waals surface area contributed by atoms with E-state index in [0.29, 0.717) is 26.6 Å². The SMILES string of the molecule is NC(=S)c1cccc(CNC(=O)c2ccc(Cl)cc2Br)c1. The van der Waals surface area contributed by atoms with Crippen LogP contribution < -0.4 is 11.1 Å². The van der Waals surface area contributed by atoms with Crippen LogP contribution in [0.1, 0.15) is 21.5 Å². The predicted octanol–water partition coefficient (Wildman–Crippen LogP) is 3.67. The molecule has 1 amide bonds. The van der Waals surface area contributed by atoms with Crippen LogP contribution in [0.3, 0.4) is 0 Å². The Bertz CT molecular complexity index is 706. The second-order valence-electron chi connectivity index (χ2n) is 4.37. The number of carbonyl (C=O) groups excluding carboxylic acids is 1. The highest BCUT2D eigenvalue weighted by Gasteiger charge is 2.10. The Hall–Kier alpha value is -1.43. The van der Waals surface area contributed by atoms with E-state index in [2.05, 4.69) is 21.2 Å². The van der Waals surface area contributed by atoms with Gasteiger partial charge in [0.05, 0.1) is 5.56 Å². The standard InChI is InChI=1S/C15H12BrClN2OS/c16-13-7-11(17)4-5-12(13)15(20)19-8-9-2-1-3-10(6-9)14(18)21/h1-7H,8H2,(H2,18,21)(H,19,20). The quantitative estimate of drug-likeness (QED) is 0.792. The molecule has 0 saturated carbocycles. The maximum Gasteiger partial charge on any atom is 0.252 e. The van der Waals surface area contributed by atoms with Gasteiger partial charge in [0.2, 0.25) is 0 Å². The van der Waals surface area contributed by atoms with Gasteiger partial charge in [-0.2, -0.15) is 0 Å². The Balaban J connectivity index is 2.07. The summed E-state index contributed by atoms with van der Waals surface area (Å²) in [5.41, 5.74) is 7.83. The highest BCUT2D eigenvalue weighted by Crippen LogP contribution is 2.21. The van der Waals surface area contributed by atoms with E-state index in [4.69, 9.17) is 29.6 Å². The number of halogens is 2. The lowest BCUT2D eigenvalue weighted by Gasteiger charge is -2.08. The topological polar surface area (TPSA) is 55.1 Å². The van der Waals surface area contributed by atoms with Crippen LogP contribution in [0.5, 0.6) is 0 Å². The fraction of sp³-hybridized carbons (Fsp3) is 0.0667. The Morgan fingerprint density at radius 2 is 2.05 bits per heavy atom. The fourth-order valence-electron chi connectivity index (χ4n) is 1.79. The number of nitrogens with one attached hydrogen (secondary N) is 1. The summed E-state index contributed by atoms with van der Waals surface area (Å²) in [6.45, 7) is 0.393. The van der Waals surface area contributed by atoms with E-state index in [0.717, 1.165) is 11.1 Å². The third kappa shape index (κ3) is 4.27. The second kappa shape index (κ2) is 7.02. The zero-order valence-corrected chi connectivity index (χ0v) is 14.1. The number of nitrogens with two attached hydrogens (primary N) is 1. The van der Waals surface area contributed by atoms with Gasteiger partial charge in [-0.05, 0) is 45.8 Å². The van der Waals surface area contributed by atoms with Crippen molar-refractivity contribution in [2.75, 3.05) is 0 Å². The fourth-order valence-corrected chi connectivity index (χ4v) is 2.78. The van der Waals surface area contributed by atoms with Gasteiger partial charge >= 0.3 is 0 Å². The number of thiocarbonyl (C=S) groups is 1. The summed E-state index contributed by atoms with van der Waals surface area (Å²) < 4.78 is 0.657. The van der Waals surface area contributed by atoms with Gasteiger partial charge in [-0.1, -0.05) is 42.0 Å². The number of hydrogen-bond acceptors (Lipinski definition) is 2. The Morgan fingerprint density at radius 1 is 1.29 bits per heavy atom. The molecule has 0 spiro atoms. The van der Waals surface area contributed by atoms with Crippen molar-refractivity contribution < 1.29 is 4.79 Å². The molecule has 0 unspecified atom stereocenters. The van der Waals surface area contributed by atoms with Crippen LogP contribution in [0.25, 0.3) is 0 Å². The van der Waals surface area contributed by atoms with Gasteiger partial charge in [-0.15, -0.1) is 0 Å². The van der Waals surface area contributed by atoms with E-state index in [9.17, 15) is 4.79 Å². The molecule has 3 nitrogen and oxygen atoms in total. The average molecular weight is 384 g/mol. The molecule has 6 heteroatoms. The molecule has 0 aliphatic carbocycles. The van der Waals surface area contributed by atoms with Crippen LogP contribution in [0, 0.1) is 0 Å². The summed E-state index contributed by atoms with van der Waals surface area (Å²) >= 11 is 14.1. The van der Waals surface area contributed by atoms with Gasteiger partial charge in [0.1, 0.15) is 4.99 Å². The molecule has 0 radical (unpaired) electrons. The summed E-state index contributed by atoms with van der Waals surface area (Å²) in [6, 6.07) is 12.5. The summed E-state index contributed by atoms with van der Waals surface area (Å²) in [7, 11) is 0. The van der Waals surface area contributed by atoms with Gasteiger partial charge in [0.25, 0.3) is 5.91 Å². The molecule has 3 N–H and O–H groups in total. The lowest BCUT2D eigenvalue weighted by molar-refractivity contribution is 0.0950. The van der Waals surface area contributed by atoms with Crippen molar-refractivity contribution in [3.05, 3.63) is 68.7 Å². The molecule has 21 heavy (non-hydrogen) atoms. The second-order valence-corrected chi connectivity index (χ2v) is 6.10. The minimum atomic E-state index is -0.181. The molecule has 0 saturated heterocycles. The first kappa shape index (κ1) is 15.9. The average Bonchev–Trinajstić information content (AvgIpc) is 2.45. The molecule has 2 rings (SSSR count). The maximum atomic E-state index is 12.1. The largest absolute Gasteiger partial charge is 0.389 e. The first-order valence-corrected chi connectivity index (χ1v) is 7.67. The van der Waals surface area contributed by atoms with Crippen LogP contribution in [0.15, 0.2) is 46.9 Å². The molecule has 2 aromatic rings. The maximum absolute atomic E-state index is 12.1. The summed E-state index contributed by atoms with van der Waals surface area (Å²) in [6.07, 6.45) is 0. The molecular weight excluding hydrogens is 372 g/mol. The Labute approximate surface area is 141 Å². The van der Waals surface area contributed by atoms with Crippen molar-refractivity contribution in [2.45, 2.75) is 6.54 Å². The molecule has 0 fully saturated rings. The van der Waals surface area contributed by atoms with E-state index >= 15 is 0 Å². The number of carbonyl (C=O) groups is 1. The highest BCUT2D eigenvalue weighted by atomic mass is 79.9. The Morgan fingerprint density at radius 3 is 2.71 bits per heavy atom. The minimum Gasteiger partial charge on any atom is -0.389 e. The van der Waals surface area contributed by atoms with Gasteiger partial charge in [0, 0.05) is 21.6 Å². The molecule has 108 valence electrons. The van der Waals surface area contributed by atoms with E-state index in [1.165, 1.54) is 0 Å². The van der Waals surface area contributed by atoms with Gasteiger partial charge < -0.3 is 11.1 Å². The summed E-state index contributed by atoms with van der Waals surface area (Å²) in [5, 5.41) is 3.42. The third-order valence-electron chi connectivity index (χ3n) is 2.84. The molecule has 0 aromatic heterocycles. The van der Waals surface area contributed by atoms with Crippen LogP contribution in [0.2, 0.25) is 5.02 Å². The monoisotopic (exact) mass is 382 g/mol. The zero-order chi connectivity index (χ0) is 15.4. The van der Waals surface area contributed by atoms with Crippen molar-refractivity contribution in [3.63, 3.8) is 0 Å². The molecule has 0 heterocycles. The number of hydrogen-bond donors (Lipinski definition) is 2. The first-order valence-electron chi connectivity index (χ1n) is 6.09. The molecule has 0 aliphatic heterocycles. The predicted molar refractivity (Wildman–Crippen MR) is 92.7 cm³/mol. The zero-order valence-electron chi connectivity index (χ0n) is 10.9. The van der Waals surface area contributed by atoms with Crippen molar-refractivity contribution in [3.8, 4) is 0 Å². The van der Waals surface area contributed by atoms with Crippen molar-refractivity contribution in [1.82, 2.24) is 5.32 Å². The van der Waals surface area contributed by atoms with Gasteiger partial charge in [0.15, 0.2) is 0 Å². The third-order valence-corrected chi connectivity index (χ3v) is 3.97. The van der Waals surface area contributed by atoms with E-state index in [1.54, 1.807) is 18.2 Å². The number of benzene rings is 2. The molecule has 0 atom stereocenters. The lowest BCUT2D eigenvalue weighted by Crippen LogP contribution is -2.23. The number of rotatable bonds is 4. The highest BCUT2D eigenvalue weighted by molar-refractivity contribution is 9.10. The van der Waals surface area contributed by atoms with E-state index < -0.39 is 0 Å². The first-order chi connectivity index (χ1) is 9.97. The van der Waals surface area contributed by atoms with Crippen LogP contribution >= 0.6 is 39.7 Å². The number of amides is 1. The van der Waals surface area contributed by atoms with E-state index in [1.807, 2.05) is 24.3 Å². The van der Waals surface area contributed by atoms with Crippen molar-refractivity contribution >= 4 is 50.6 Å². The molecule has 2 aromatic carbocycles. The van der Waals surface area contributed by atoms with Crippen molar-refractivity contribution in [2.24, 2.45) is 5.73 Å². The van der Waals surface area contributed by atoms with Crippen LogP contribution in [0.4, 0.5) is 0 Å². The molecule has 0 aliphatic rings. The molecule has 0 bridgehead atoms. The normalized spacial score (nSPS) is 10.2.